The molecule has 2 rings (SSSR count). The van der Waals surface area contributed by atoms with Gasteiger partial charge in [-0.2, -0.15) is 0 Å². The third kappa shape index (κ3) is 1.30. The molecule has 7 heteroatoms. The quantitative estimate of drug-likeness (QED) is 0.400. The van der Waals surface area contributed by atoms with E-state index in [0.29, 0.717) is 11.9 Å². The maximum atomic E-state index is 7.39. The number of aromatic amines is 2. The number of aromatic nitrogens is 4. The van der Waals surface area contributed by atoms with Crippen LogP contribution in [0.2, 0.25) is 0 Å². The number of nitrogens with two attached hydrogens (primary N) is 1. The highest BCUT2D eigenvalue weighted by atomic mass is 15.4. The van der Waals surface area contributed by atoms with Crippen LogP contribution in [0.4, 0.5) is 11.9 Å². The van der Waals surface area contributed by atoms with Crippen LogP contribution in [0.15, 0.2) is 24.8 Å². The lowest BCUT2D eigenvalue weighted by molar-refractivity contribution is 1.08. The normalized spacial score (nSPS) is 10.0. The average Bonchev–Trinajstić information content (AvgIpc) is 2.75. The molecule has 0 amide bonds. The molecule has 0 aliphatic rings. The van der Waals surface area contributed by atoms with Crippen LogP contribution in [-0.2, 0) is 0 Å². The van der Waals surface area contributed by atoms with E-state index in [1.807, 2.05) is 0 Å². The first kappa shape index (κ1) is 8.30. The zero-order valence-electron chi connectivity index (χ0n) is 7.23. The van der Waals surface area contributed by atoms with E-state index >= 15 is 0 Å². The van der Waals surface area contributed by atoms with Crippen LogP contribution in [0.1, 0.15) is 0 Å². The molecule has 2 aromatic rings. The monoisotopic (exact) mass is 191 g/mol. The minimum absolute atomic E-state index is 0.157. The summed E-state index contributed by atoms with van der Waals surface area (Å²) in [5.74, 6) is 0.745. The first-order valence-corrected chi connectivity index (χ1v) is 3.92. The lowest BCUT2D eigenvalue weighted by Crippen LogP contribution is -2.33. The Morgan fingerprint density at radius 3 is 2.00 bits per heavy atom. The number of nitrogens with one attached hydrogen (secondary N) is 3. The van der Waals surface area contributed by atoms with E-state index in [4.69, 9.17) is 11.1 Å². The molecule has 0 spiro atoms. The van der Waals surface area contributed by atoms with Crippen molar-refractivity contribution in [1.29, 1.82) is 5.41 Å². The van der Waals surface area contributed by atoms with E-state index in [-0.39, 0.29) is 5.96 Å². The Balaban J connectivity index is 2.40. The second-order valence-electron chi connectivity index (χ2n) is 2.55. The molecular weight excluding hydrogens is 182 g/mol. The van der Waals surface area contributed by atoms with Crippen molar-refractivity contribution in [3.63, 3.8) is 0 Å². The summed E-state index contributed by atoms with van der Waals surface area (Å²) in [4.78, 5) is 15.0. The molecule has 2 aromatic heterocycles. The fourth-order valence-corrected chi connectivity index (χ4v) is 1.09. The van der Waals surface area contributed by atoms with Gasteiger partial charge in [-0.15, -0.1) is 0 Å². The molecule has 0 radical (unpaired) electrons. The summed E-state index contributed by atoms with van der Waals surface area (Å²) in [6.07, 6.45) is 6.45. The van der Waals surface area contributed by atoms with Gasteiger partial charge in [-0.3, -0.25) is 5.41 Å². The fourth-order valence-electron chi connectivity index (χ4n) is 1.09. The third-order valence-corrected chi connectivity index (χ3v) is 1.63. The second-order valence-corrected chi connectivity index (χ2v) is 2.55. The number of hydrogen-bond donors (Lipinski definition) is 4. The predicted octanol–water partition coefficient (Wildman–Crippen LogP) is 0.164. The van der Waals surface area contributed by atoms with Gasteiger partial charge in [0.1, 0.15) is 0 Å². The summed E-state index contributed by atoms with van der Waals surface area (Å²) >= 11 is 0. The highest BCUT2D eigenvalue weighted by Gasteiger charge is 2.16. The number of H-pyrrole nitrogens is 2. The van der Waals surface area contributed by atoms with Crippen LogP contribution in [0.5, 0.6) is 0 Å². The van der Waals surface area contributed by atoms with Crippen molar-refractivity contribution in [3.05, 3.63) is 24.8 Å². The molecule has 2 heterocycles. The number of imidazole rings is 2. The molecule has 0 aromatic carbocycles. The lowest BCUT2D eigenvalue weighted by Gasteiger charge is -2.15. The van der Waals surface area contributed by atoms with Gasteiger partial charge in [0.2, 0.25) is 17.9 Å². The van der Waals surface area contributed by atoms with Crippen molar-refractivity contribution >= 4 is 17.9 Å². The van der Waals surface area contributed by atoms with Gasteiger partial charge >= 0.3 is 0 Å². The first-order chi connectivity index (χ1) is 6.79. The van der Waals surface area contributed by atoms with Crippen molar-refractivity contribution in [3.8, 4) is 0 Å². The number of nitrogens with zero attached hydrogens (tertiary/aromatic N) is 3. The van der Waals surface area contributed by atoms with Crippen molar-refractivity contribution in [2.24, 2.45) is 5.73 Å². The van der Waals surface area contributed by atoms with Crippen LogP contribution >= 0.6 is 0 Å². The molecule has 0 unspecified atom stereocenters. The predicted molar refractivity (Wildman–Crippen MR) is 51.2 cm³/mol. The number of rotatable bonds is 2. The minimum Gasteiger partial charge on any atom is -0.369 e. The summed E-state index contributed by atoms with van der Waals surface area (Å²) < 4.78 is 0. The zero-order valence-corrected chi connectivity index (χ0v) is 7.23. The topological polar surface area (TPSA) is 110 Å². The lowest BCUT2D eigenvalue weighted by atomic mass is 10.7. The Labute approximate surface area is 79.5 Å². The molecule has 14 heavy (non-hydrogen) atoms. The number of hydrogen-bond acceptors (Lipinski definition) is 3. The van der Waals surface area contributed by atoms with Gasteiger partial charge < -0.3 is 15.7 Å². The highest BCUT2D eigenvalue weighted by molar-refractivity contribution is 5.96. The second kappa shape index (κ2) is 3.21. The standard InChI is InChI=1S/C7H9N7/c8-5(9)14(6-10-1-2-11-6)7-12-3-4-13-7/h1-4H,(H3,8,9)(H,10,11)(H,12,13). The molecule has 7 nitrogen and oxygen atoms in total. The molecule has 0 fully saturated rings. The minimum atomic E-state index is -0.157. The third-order valence-electron chi connectivity index (χ3n) is 1.63. The molecule has 0 aliphatic heterocycles. The maximum absolute atomic E-state index is 7.39. The highest BCUT2D eigenvalue weighted by Crippen LogP contribution is 2.15. The molecule has 72 valence electrons. The molecular formula is C7H9N7. The fraction of sp³-hybridized carbons (Fsp3) is 0. The summed E-state index contributed by atoms with van der Waals surface area (Å²) in [5.41, 5.74) is 5.41. The van der Waals surface area contributed by atoms with Gasteiger partial charge in [-0.1, -0.05) is 0 Å². The van der Waals surface area contributed by atoms with E-state index < -0.39 is 0 Å². The van der Waals surface area contributed by atoms with Gasteiger partial charge in [0, 0.05) is 24.8 Å². The number of anilines is 2. The Morgan fingerprint density at radius 1 is 1.21 bits per heavy atom. The van der Waals surface area contributed by atoms with Gasteiger partial charge in [0.25, 0.3) is 0 Å². The molecule has 0 bridgehead atoms. The van der Waals surface area contributed by atoms with Gasteiger partial charge in [-0.25, -0.2) is 14.9 Å². The van der Waals surface area contributed by atoms with Gasteiger partial charge in [0.05, 0.1) is 0 Å². The van der Waals surface area contributed by atoms with E-state index in [0.717, 1.165) is 0 Å². The van der Waals surface area contributed by atoms with E-state index in [1.54, 1.807) is 24.8 Å². The molecule has 0 aliphatic carbocycles. The largest absolute Gasteiger partial charge is 0.369 e. The van der Waals surface area contributed by atoms with Gasteiger partial charge in [-0.05, 0) is 0 Å². The Bertz CT molecular complexity index is 367. The van der Waals surface area contributed by atoms with Crippen molar-refractivity contribution in [2.45, 2.75) is 0 Å². The van der Waals surface area contributed by atoms with Crippen LogP contribution in [-0.4, -0.2) is 25.9 Å². The van der Waals surface area contributed by atoms with E-state index in [2.05, 4.69) is 19.9 Å². The maximum Gasteiger partial charge on any atom is 0.216 e. The molecule has 0 saturated heterocycles. The molecule has 0 atom stereocenters. The Hall–Kier alpha value is -2.31. The molecule has 0 saturated carbocycles. The van der Waals surface area contributed by atoms with Crippen LogP contribution in [0.25, 0.3) is 0 Å². The Morgan fingerprint density at radius 2 is 1.71 bits per heavy atom. The molecule has 5 N–H and O–H groups in total. The Kier molecular flexibility index (Phi) is 1.90. The van der Waals surface area contributed by atoms with E-state index in [9.17, 15) is 0 Å². The smallest absolute Gasteiger partial charge is 0.216 e. The van der Waals surface area contributed by atoms with Crippen LogP contribution in [0.3, 0.4) is 0 Å². The average molecular weight is 191 g/mol. The number of guanidine groups is 1. The summed E-state index contributed by atoms with van der Waals surface area (Å²) in [6, 6.07) is 0. The first-order valence-electron chi connectivity index (χ1n) is 3.92. The van der Waals surface area contributed by atoms with E-state index in [1.165, 1.54) is 4.90 Å². The SMILES string of the molecule is N=C(N)N(c1ncc[nH]1)c1ncc[nH]1. The van der Waals surface area contributed by atoms with Gasteiger partial charge in [0.15, 0.2) is 0 Å². The summed E-state index contributed by atoms with van der Waals surface area (Å²) in [5, 5.41) is 7.39. The summed E-state index contributed by atoms with van der Waals surface area (Å²) in [6.45, 7) is 0. The van der Waals surface area contributed by atoms with Crippen LogP contribution in [0, 0.1) is 5.41 Å². The zero-order chi connectivity index (χ0) is 9.97. The van der Waals surface area contributed by atoms with Crippen molar-refractivity contribution in [1.82, 2.24) is 19.9 Å². The van der Waals surface area contributed by atoms with Crippen molar-refractivity contribution < 1.29 is 0 Å². The van der Waals surface area contributed by atoms with Crippen LogP contribution < -0.4 is 10.6 Å². The summed E-state index contributed by atoms with van der Waals surface area (Å²) in [7, 11) is 0. The van der Waals surface area contributed by atoms with Crippen molar-refractivity contribution in [2.75, 3.05) is 4.90 Å².